The van der Waals surface area contributed by atoms with Crippen molar-refractivity contribution in [1.82, 2.24) is 31.1 Å². The highest BCUT2D eigenvalue weighted by Crippen LogP contribution is 2.23. The van der Waals surface area contributed by atoms with E-state index in [2.05, 4.69) is 31.2 Å². The lowest BCUT2D eigenvalue weighted by Gasteiger charge is -2.33. The van der Waals surface area contributed by atoms with E-state index in [1.807, 2.05) is 34.9 Å². The summed E-state index contributed by atoms with van der Waals surface area (Å²) in [6.07, 6.45) is -1.11. The fourth-order valence-electron chi connectivity index (χ4n) is 6.80. The Balaban J connectivity index is 0.00000277. The standard InChI is InChI=1S/C41H69N9O8.C2HF3O2/c1-25(2)23-31(39(57)58)47-37(55)33(41(4,5)6)48-35(53)30(24-27-16-18-28(51)19-17-27)46-36(54)32-15-12-22-50(32)38(56)29(14-11-20-44-40(42)43)45-34(52)26(3)13-9-10-21-49(7)8;3-2(4,5)1(6)7/h16-19,25-26,29-33,51H,9-15,20-24H2,1-8H3,(H,45,52)(H,46,54)(H,47,55)(H,48,53)(H,57,58)(H4,42,43,44);(H,6,7)/t26-,29-,30-,31-,32-,33+;/m0./s1. The number of hydrogen-bond donors (Lipinski definition) is 9. The van der Waals surface area contributed by atoms with Crippen molar-refractivity contribution in [3.05, 3.63) is 29.8 Å². The Labute approximate surface area is 378 Å². The average Bonchev–Trinajstić information content (AvgIpc) is 3.69. The molecule has 0 radical (unpaired) electrons. The van der Waals surface area contributed by atoms with Gasteiger partial charge in [-0.3, -0.25) is 29.0 Å². The molecule has 1 heterocycles. The van der Waals surface area contributed by atoms with Crippen molar-refractivity contribution in [2.75, 3.05) is 33.7 Å². The van der Waals surface area contributed by atoms with Crippen LogP contribution in [0, 0.1) is 17.3 Å². The number of carbonyl (C=O) groups is 7. The van der Waals surface area contributed by atoms with E-state index in [1.54, 1.807) is 32.9 Å². The topological polar surface area (TPSA) is 299 Å². The number of carboxylic acid groups (broad SMARTS) is 2. The molecule has 1 aliphatic rings. The fraction of sp³-hybridized carbons (Fsp3) is 0.674. The first kappa shape index (κ1) is 57.3. The zero-order valence-corrected chi connectivity index (χ0v) is 38.7. The van der Waals surface area contributed by atoms with Crippen LogP contribution in [-0.4, -0.2) is 143 Å². The molecule has 2 rings (SSSR count). The molecule has 19 nitrogen and oxygen atoms in total. The number of guanidine groups is 1. The number of unbranched alkanes of at least 4 members (excludes halogenated alkanes) is 1. The van der Waals surface area contributed by atoms with Crippen LogP contribution in [0.5, 0.6) is 5.75 Å². The number of aliphatic carboxylic acids is 2. The molecule has 0 saturated carbocycles. The first-order chi connectivity index (χ1) is 30.0. The molecule has 0 bridgehead atoms. The largest absolute Gasteiger partial charge is 0.508 e. The molecule has 1 aliphatic heterocycles. The van der Waals surface area contributed by atoms with Crippen LogP contribution in [0.2, 0.25) is 0 Å². The first-order valence-electron chi connectivity index (χ1n) is 21.6. The van der Waals surface area contributed by atoms with Crippen LogP contribution in [0.25, 0.3) is 0 Å². The Bertz CT molecular complexity index is 1770. The summed E-state index contributed by atoms with van der Waals surface area (Å²) in [4.78, 5) is 97.8. The number of halogens is 3. The van der Waals surface area contributed by atoms with Gasteiger partial charge in [-0.2, -0.15) is 13.2 Å². The summed E-state index contributed by atoms with van der Waals surface area (Å²) >= 11 is 0. The molecule has 65 heavy (non-hydrogen) atoms. The molecule has 0 unspecified atom stereocenters. The van der Waals surface area contributed by atoms with E-state index < -0.39 is 77.4 Å². The van der Waals surface area contributed by atoms with Crippen LogP contribution in [0.1, 0.15) is 98.5 Å². The highest BCUT2D eigenvalue weighted by molar-refractivity contribution is 5.96. The number of alkyl halides is 3. The summed E-state index contributed by atoms with van der Waals surface area (Å²) in [7, 11) is 3.98. The molecule has 0 aromatic heterocycles. The van der Waals surface area contributed by atoms with Gasteiger partial charge in [-0.05, 0) is 94.6 Å². The molecule has 5 amide bonds. The summed E-state index contributed by atoms with van der Waals surface area (Å²) in [6, 6.07) is 0.586. The Morgan fingerprint density at radius 2 is 1.42 bits per heavy atom. The second-order valence-corrected chi connectivity index (χ2v) is 18.0. The molecule has 22 heteroatoms. The number of nitrogens with zero attached hydrogens (tertiary/aromatic N) is 3. The van der Waals surface area contributed by atoms with E-state index in [9.17, 15) is 52.2 Å². The number of hydrogen-bond acceptors (Lipinski definition) is 10. The Morgan fingerprint density at radius 1 is 0.831 bits per heavy atom. The number of aromatic hydroxyl groups is 1. The first-order valence-corrected chi connectivity index (χ1v) is 21.6. The highest BCUT2D eigenvalue weighted by atomic mass is 19.4. The van der Waals surface area contributed by atoms with E-state index in [1.165, 1.54) is 17.0 Å². The van der Waals surface area contributed by atoms with Crippen LogP contribution in [-0.2, 0) is 40.0 Å². The molecule has 11 N–H and O–H groups in total. The van der Waals surface area contributed by atoms with Gasteiger partial charge in [0.25, 0.3) is 0 Å². The minimum atomic E-state index is -5.08. The maximum absolute atomic E-state index is 14.2. The van der Waals surface area contributed by atoms with Crippen molar-refractivity contribution in [2.24, 2.45) is 33.7 Å². The minimum absolute atomic E-state index is 0.00594. The number of amides is 5. The van der Waals surface area contributed by atoms with Gasteiger partial charge in [-0.15, -0.1) is 0 Å². The number of phenolic OH excluding ortho intramolecular Hbond substituents is 1. The predicted octanol–water partition coefficient (Wildman–Crippen LogP) is 2.10. The van der Waals surface area contributed by atoms with Crippen molar-refractivity contribution in [2.45, 2.75) is 136 Å². The lowest BCUT2D eigenvalue weighted by molar-refractivity contribution is -0.192. The number of phenols is 1. The Hall–Kier alpha value is -5.67. The normalized spacial score (nSPS) is 16.2. The van der Waals surface area contributed by atoms with Gasteiger partial charge in [-0.1, -0.05) is 60.1 Å². The monoisotopic (exact) mass is 930 g/mol. The van der Waals surface area contributed by atoms with Crippen molar-refractivity contribution >= 4 is 47.4 Å². The number of carbonyl (C=O) groups excluding carboxylic acids is 5. The lowest BCUT2D eigenvalue weighted by atomic mass is 9.85. The summed E-state index contributed by atoms with van der Waals surface area (Å²) in [5, 5.41) is 37.8. The van der Waals surface area contributed by atoms with Gasteiger partial charge >= 0.3 is 18.1 Å². The van der Waals surface area contributed by atoms with E-state index in [0.29, 0.717) is 31.2 Å². The van der Waals surface area contributed by atoms with Gasteiger partial charge in [0.05, 0.1) is 0 Å². The van der Waals surface area contributed by atoms with Crippen LogP contribution in [0.3, 0.4) is 0 Å². The SMILES string of the molecule is CC(C)C[C@H](NC(=O)[C@@H](NC(=O)[C@H](Cc1ccc(O)cc1)NC(=O)[C@@H]1CCCN1C(=O)[C@H](CCCN=C(N)N)NC(=O)[C@@H](C)CCCCN(C)C)C(C)(C)C)C(=O)O.O=C(O)C(F)(F)F. The lowest BCUT2D eigenvalue weighted by Crippen LogP contribution is -2.61. The molecule has 1 saturated heterocycles. The van der Waals surface area contributed by atoms with Crippen molar-refractivity contribution in [3.8, 4) is 5.75 Å². The second-order valence-electron chi connectivity index (χ2n) is 18.0. The number of likely N-dealkylation sites (tertiary alicyclic amines) is 1. The summed E-state index contributed by atoms with van der Waals surface area (Å²) in [6.45, 7) is 12.1. The van der Waals surface area contributed by atoms with Gasteiger partial charge in [0.1, 0.15) is 36.0 Å². The molecule has 0 aliphatic carbocycles. The average molecular weight is 930 g/mol. The summed E-state index contributed by atoms with van der Waals surface area (Å²) < 4.78 is 31.7. The number of benzene rings is 1. The van der Waals surface area contributed by atoms with Crippen LogP contribution in [0.15, 0.2) is 29.3 Å². The Morgan fingerprint density at radius 3 is 1.92 bits per heavy atom. The van der Waals surface area contributed by atoms with E-state index >= 15 is 0 Å². The van der Waals surface area contributed by atoms with Crippen LogP contribution < -0.4 is 32.7 Å². The molecule has 368 valence electrons. The number of aliphatic imine (C=N–C) groups is 1. The van der Waals surface area contributed by atoms with Gasteiger partial charge in [0, 0.05) is 25.4 Å². The smallest absolute Gasteiger partial charge is 0.490 e. The van der Waals surface area contributed by atoms with Gasteiger partial charge in [-0.25, -0.2) is 9.59 Å². The summed E-state index contributed by atoms with van der Waals surface area (Å²) in [5.41, 5.74) is 10.7. The van der Waals surface area contributed by atoms with E-state index in [-0.39, 0.29) is 61.8 Å². The van der Waals surface area contributed by atoms with Crippen molar-refractivity contribution in [3.63, 3.8) is 0 Å². The van der Waals surface area contributed by atoms with Crippen LogP contribution >= 0.6 is 0 Å². The predicted molar refractivity (Wildman–Crippen MR) is 236 cm³/mol. The molecule has 1 aromatic carbocycles. The number of rotatable bonds is 23. The minimum Gasteiger partial charge on any atom is -0.508 e. The zero-order valence-electron chi connectivity index (χ0n) is 38.7. The second kappa shape index (κ2) is 27.0. The molecule has 1 aromatic rings. The third kappa shape index (κ3) is 21.7. The van der Waals surface area contributed by atoms with E-state index in [4.69, 9.17) is 21.4 Å². The van der Waals surface area contributed by atoms with Gasteiger partial charge in [0.2, 0.25) is 29.5 Å². The third-order valence-corrected chi connectivity index (χ3v) is 10.3. The number of nitrogens with two attached hydrogens (primary N) is 2. The van der Waals surface area contributed by atoms with Crippen LogP contribution in [0.4, 0.5) is 13.2 Å². The molecular weight excluding hydrogens is 860 g/mol. The quantitative estimate of drug-likeness (QED) is 0.0432. The van der Waals surface area contributed by atoms with Gasteiger partial charge in [0.15, 0.2) is 5.96 Å². The highest BCUT2D eigenvalue weighted by Gasteiger charge is 2.41. The molecular formula is C43H70F3N9O10. The van der Waals surface area contributed by atoms with Crippen molar-refractivity contribution < 1.29 is 62.1 Å². The van der Waals surface area contributed by atoms with Crippen molar-refractivity contribution in [1.29, 1.82) is 0 Å². The third-order valence-electron chi connectivity index (χ3n) is 10.3. The molecule has 1 fully saturated rings. The maximum Gasteiger partial charge on any atom is 0.490 e. The fourth-order valence-corrected chi connectivity index (χ4v) is 6.80. The number of carboxylic acids is 2. The molecule has 0 spiro atoms. The molecule has 6 atom stereocenters. The maximum atomic E-state index is 14.2. The Kier molecular flexibility index (Phi) is 23.8. The van der Waals surface area contributed by atoms with E-state index in [0.717, 1.165) is 19.4 Å². The van der Waals surface area contributed by atoms with Gasteiger partial charge < -0.3 is 57.9 Å². The number of nitrogens with one attached hydrogen (secondary N) is 4. The summed E-state index contributed by atoms with van der Waals surface area (Å²) in [5.74, 6) is -7.11. The zero-order chi connectivity index (χ0) is 49.8.